The van der Waals surface area contributed by atoms with E-state index < -0.39 is 5.54 Å². The van der Waals surface area contributed by atoms with Crippen LogP contribution < -0.4 is 5.73 Å². The molecule has 0 saturated carbocycles. The van der Waals surface area contributed by atoms with Crippen LogP contribution >= 0.6 is 11.8 Å². The summed E-state index contributed by atoms with van der Waals surface area (Å²) in [6.45, 7) is 1.29. The molecule has 4 rings (SSSR count). The number of carbonyl (C=O) groups excluding carboxylic acids is 1. The second-order valence-electron chi connectivity index (χ2n) is 7.36. The third kappa shape index (κ3) is 4.44. The highest BCUT2D eigenvalue weighted by Crippen LogP contribution is 2.45. The lowest BCUT2D eigenvalue weighted by Crippen LogP contribution is -2.40. The molecule has 1 fully saturated rings. The van der Waals surface area contributed by atoms with Gasteiger partial charge in [0.25, 0.3) is 5.91 Å². The zero-order chi connectivity index (χ0) is 21.7. The van der Waals surface area contributed by atoms with Crippen LogP contribution in [0, 0.1) is 5.92 Å². The highest BCUT2D eigenvalue weighted by Gasteiger charge is 2.51. The zero-order valence-electron chi connectivity index (χ0n) is 16.8. The van der Waals surface area contributed by atoms with E-state index in [9.17, 15) is 9.18 Å². The quantitative estimate of drug-likeness (QED) is 0.574. The van der Waals surface area contributed by atoms with Crippen molar-refractivity contribution < 1.29 is 9.18 Å². The summed E-state index contributed by atoms with van der Waals surface area (Å²) < 4.78 is 11.9. The van der Waals surface area contributed by atoms with Crippen molar-refractivity contribution in [1.82, 2.24) is 9.88 Å². The van der Waals surface area contributed by atoms with Crippen LogP contribution in [0.4, 0.5) is 4.39 Å². The van der Waals surface area contributed by atoms with Gasteiger partial charge < -0.3 is 10.6 Å². The van der Waals surface area contributed by atoms with Gasteiger partial charge in [0, 0.05) is 30.6 Å². The Hall–Kier alpha value is -3.26. The van der Waals surface area contributed by atoms with Crippen molar-refractivity contribution in [2.24, 2.45) is 21.6 Å². The fourth-order valence-electron chi connectivity index (χ4n) is 4.04. The Balaban J connectivity index is 1.65. The Morgan fingerprint density at radius 2 is 2.19 bits per heavy atom. The number of fused-ring (bicyclic) bond motifs is 1. The number of hydrogen-bond acceptors (Lipinski definition) is 6. The average molecular weight is 436 g/mol. The number of halogens is 1. The van der Waals surface area contributed by atoms with E-state index in [0.717, 1.165) is 16.9 Å². The van der Waals surface area contributed by atoms with Crippen LogP contribution in [0.2, 0.25) is 0 Å². The summed E-state index contributed by atoms with van der Waals surface area (Å²) in [5, 5.41) is 0.538. The maximum atomic E-state index is 13.1. The molecule has 1 saturated heterocycles. The van der Waals surface area contributed by atoms with E-state index in [1.165, 1.54) is 18.0 Å². The number of pyridine rings is 1. The van der Waals surface area contributed by atoms with Gasteiger partial charge in [-0.2, -0.15) is 4.39 Å². The molecule has 2 aliphatic heterocycles. The van der Waals surface area contributed by atoms with E-state index in [4.69, 9.17) is 10.7 Å². The molecular weight excluding hydrogens is 413 g/mol. The fourth-order valence-corrected chi connectivity index (χ4v) is 5.02. The van der Waals surface area contributed by atoms with Crippen LogP contribution in [0.1, 0.15) is 21.6 Å². The monoisotopic (exact) mass is 435 g/mol. The van der Waals surface area contributed by atoms with E-state index in [2.05, 4.69) is 16.0 Å². The predicted octanol–water partition coefficient (Wildman–Crippen LogP) is 3.64. The van der Waals surface area contributed by atoms with Crippen molar-refractivity contribution in [3.63, 3.8) is 0 Å². The minimum Gasteiger partial charge on any atom is -0.379 e. The van der Waals surface area contributed by atoms with Gasteiger partial charge in [-0.1, -0.05) is 48.2 Å². The van der Waals surface area contributed by atoms with Crippen LogP contribution in [0.15, 0.2) is 77.0 Å². The first kappa shape index (κ1) is 21.0. The molecule has 0 spiro atoms. The highest BCUT2D eigenvalue weighted by molar-refractivity contribution is 8.13. The second kappa shape index (κ2) is 9.26. The lowest BCUT2D eigenvalue weighted by molar-refractivity contribution is 0.0776. The molecule has 1 amide bonds. The summed E-state index contributed by atoms with van der Waals surface area (Å²) in [7, 11) is 0. The van der Waals surface area contributed by atoms with E-state index in [0.29, 0.717) is 24.0 Å². The lowest BCUT2D eigenvalue weighted by Gasteiger charge is -2.34. The number of aliphatic imine (C=N–C) groups is 2. The van der Waals surface area contributed by atoms with Gasteiger partial charge in [0.1, 0.15) is 11.2 Å². The van der Waals surface area contributed by atoms with Crippen LogP contribution in [-0.4, -0.2) is 46.3 Å². The van der Waals surface area contributed by atoms with Gasteiger partial charge in [0.2, 0.25) is 0 Å². The number of amides is 1. The van der Waals surface area contributed by atoms with Gasteiger partial charge in [0.05, 0.1) is 6.54 Å². The first-order chi connectivity index (χ1) is 15.1. The molecule has 2 aliphatic rings. The lowest BCUT2D eigenvalue weighted by atomic mass is 9.81. The highest BCUT2D eigenvalue weighted by atomic mass is 32.2. The van der Waals surface area contributed by atoms with Gasteiger partial charge in [-0.15, -0.1) is 0 Å². The molecule has 2 atom stereocenters. The molecule has 2 N–H and O–H groups in total. The SMILES string of the molecule is NC1=N[C@@]2(c3cccc(/C=C/C=C\N=C\F)c3)CN(C(=O)c3ccccn3)C[C@H]2CS1. The van der Waals surface area contributed by atoms with Crippen molar-refractivity contribution in [2.45, 2.75) is 5.54 Å². The summed E-state index contributed by atoms with van der Waals surface area (Å²) in [5.74, 6) is 0.851. The third-order valence-corrected chi connectivity index (χ3v) is 6.43. The Morgan fingerprint density at radius 1 is 1.29 bits per heavy atom. The first-order valence-corrected chi connectivity index (χ1v) is 10.8. The van der Waals surface area contributed by atoms with Gasteiger partial charge >= 0.3 is 0 Å². The van der Waals surface area contributed by atoms with Crippen molar-refractivity contribution >= 4 is 35.4 Å². The first-order valence-electron chi connectivity index (χ1n) is 9.86. The van der Waals surface area contributed by atoms with E-state index >= 15 is 0 Å². The summed E-state index contributed by atoms with van der Waals surface area (Å²) in [6.07, 6.45) is 8.36. The van der Waals surface area contributed by atoms with Crippen LogP contribution in [0.5, 0.6) is 0 Å². The summed E-state index contributed by atoms with van der Waals surface area (Å²) in [5.41, 5.74) is 7.98. The van der Waals surface area contributed by atoms with Gasteiger partial charge in [-0.05, 0) is 35.4 Å². The van der Waals surface area contributed by atoms with Crippen LogP contribution in [0.25, 0.3) is 6.08 Å². The Kier molecular flexibility index (Phi) is 6.27. The molecule has 0 bridgehead atoms. The molecule has 0 radical (unpaired) electrons. The minimum absolute atomic E-state index is 0.0947. The molecule has 6 nitrogen and oxygen atoms in total. The molecule has 3 heterocycles. The summed E-state index contributed by atoms with van der Waals surface area (Å²) in [6, 6.07) is 13.4. The smallest absolute Gasteiger partial charge is 0.272 e. The normalized spacial score (nSPS) is 23.6. The standard InChI is InChI=1S/C23H22FN5OS/c24-16-26-10-3-1-6-17-7-5-8-18(12-17)23-15-29(13-19(23)14-31-22(25)28-23)21(30)20-9-2-4-11-27-20/h1-12,16,19H,13-15H2,(H2,25,28)/b6-1+,10-3-,26-16+/t19-,23+/m0/s1. The van der Waals surface area contributed by atoms with Gasteiger partial charge in [0.15, 0.2) is 11.6 Å². The molecule has 8 heteroatoms. The van der Waals surface area contributed by atoms with Crippen molar-refractivity contribution in [3.8, 4) is 0 Å². The minimum atomic E-state index is -0.585. The van der Waals surface area contributed by atoms with Crippen LogP contribution in [0.3, 0.4) is 0 Å². The Bertz CT molecular complexity index is 1070. The molecule has 1 aromatic carbocycles. The number of hydrogen-bond donors (Lipinski definition) is 1. The number of carbonyl (C=O) groups is 1. The number of allylic oxidation sites excluding steroid dienone is 2. The van der Waals surface area contributed by atoms with Crippen molar-refractivity contribution in [3.05, 3.63) is 83.8 Å². The summed E-state index contributed by atoms with van der Waals surface area (Å²) >= 11 is 1.53. The second-order valence-corrected chi connectivity index (χ2v) is 8.40. The Labute approximate surface area is 184 Å². The topological polar surface area (TPSA) is 83.9 Å². The number of likely N-dealkylation sites (tertiary alicyclic amines) is 1. The molecule has 0 aliphatic carbocycles. The average Bonchev–Trinajstić information content (AvgIpc) is 3.19. The molecule has 2 aromatic rings. The number of rotatable bonds is 5. The number of aromatic nitrogens is 1. The number of thioether (sulfide) groups is 1. The summed E-state index contributed by atoms with van der Waals surface area (Å²) in [4.78, 5) is 27.4. The number of nitrogens with zero attached hydrogens (tertiary/aromatic N) is 4. The number of amidine groups is 1. The van der Waals surface area contributed by atoms with E-state index in [1.54, 1.807) is 30.5 Å². The molecular formula is C23H22FN5OS. The van der Waals surface area contributed by atoms with Gasteiger partial charge in [-0.25, -0.2) is 9.98 Å². The van der Waals surface area contributed by atoms with Gasteiger partial charge in [-0.3, -0.25) is 9.78 Å². The van der Waals surface area contributed by atoms with E-state index in [-0.39, 0.29) is 18.3 Å². The molecule has 1 aromatic heterocycles. The fraction of sp³-hybridized carbons (Fsp3) is 0.217. The molecule has 158 valence electrons. The number of nitrogens with two attached hydrogens (primary N) is 1. The Morgan fingerprint density at radius 3 is 3.00 bits per heavy atom. The molecule has 31 heavy (non-hydrogen) atoms. The zero-order valence-corrected chi connectivity index (χ0v) is 17.6. The largest absolute Gasteiger partial charge is 0.379 e. The third-order valence-electron chi connectivity index (χ3n) is 5.48. The van der Waals surface area contributed by atoms with Crippen molar-refractivity contribution in [1.29, 1.82) is 0 Å². The predicted molar refractivity (Wildman–Crippen MR) is 124 cm³/mol. The van der Waals surface area contributed by atoms with E-state index in [1.807, 2.05) is 35.2 Å². The number of benzene rings is 1. The van der Waals surface area contributed by atoms with Crippen molar-refractivity contribution in [2.75, 3.05) is 18.8 Å². The van der Waals surface area contributed by atoms with Crippen LogP contribution in [-0.2, 0) is 5.54 Å². The maximum absolute atomic E-state index is 13.1. The molecule has 0 unspecified atom stereocenters. The maximum Gasteiger partial charge on any atom is 0.272 e.